The summed E-state index contributed by atoms with van der Waals surface area (Å²) in [7, 11) is 0. The molecule has 4 aromatic rings. The summed E-state index contributed by atoms with van der Waals surface area (Å²) in [5, 5.41) is 15.7. The Morgan fingerprint density at radius 3 is 2.55 bits per heavy atom. The van der Waals surface area contributed by atoms with Gasteiger partial charge in [-0.3, -0.25) is 9.36 Å². The zero-order valence-corrected chi connectivity index (χ0v) is 16.9. The third-order valence-corrected chi connectivity index (χ3v) is 4.59. The molecule has 2 aromatic heterocycles. The van der Waals surface area contributed by atoms with Gasteiger partial charge in [0.15, 0.2) is 10.9 Å². The summed E-state index contributed by atoms with van der Waals surface area (Å²) in [6.45, 7) is 3.52. The van der Waals surface area contributed by atoms with Crippen LogP contribution in [0.25, 0.3) is 0 Å². The molecule has 2 heterocycles. The maximum atomic E-state index is 5.40. The molecule has 0 atom stereocenters. The quantitative estimate of drug-likeness (QED) is 0.471. The molecule has 0 aliphatic heterocycles. The van der Waals surface area contributed by atoms with Gasteiger partial charge in [-0.15, -0.1) is 0 Å². The van der Waals surface area contributed by atoms with E-state index in [1.807, 2.05) is 46.0 Å². The van der Waals surface area contributed by atoms with Gasteiger partial charge in [-0.25, -0.2) is 0 Å². The lowest BCUT2D eigenvalue weighted by Crippen LogP contribution is -2.19. The van der Waals surface area contributed by atoms with Gasteiger partial charge in [0, 0.05) is 18.5 Å². The molecule has 0 spiro atoms. The van der Waals surface area contributed by atoms with Crippen molar-refractivity contribution >= 4 is 28.8 Å². The minimum Gasteiger partial charge on any atom is -0.330 e. The molecule has 146 valence electrons. The topological polar surface area (TPSA) is 59.7 Å². The van der Waals surface area contributed by atoms with Gasteiger partial charge in [-0.2, -0.15) is 10.2 Å². The molecule has 0 amide bonds. The van der Waals surface area contributed by atoms with Gasteiger partial charge >= 0.3 is 0 Å². The fourth-order valence-electron chi connectivity index (χ4n) is 3.08. The van der Waals surface area contributed by atoms with E-state index in [0.29, 0.717) is 17.5 Å². The number of nitrogens with one attached hydrogen (secondary N) is 2. The number of anilines is 2. The molecule has 4 rings (SSSR count). The second kappa shape index (κ2) is 8.70. The average Bonchev–Trinajstić information content (AvgIpc) is 3.32. The number of aryl methyl sites for hydroxylation is 1. The molecule has 0 saturated carbocycles. The molecule has 0 aliphatic rings. The lowest BCUT2D eigenvalue weighted by atomic mass is 10.1. The Hall–Kier alpha value is -3.45. The number of aromatic nitrogens is 4. The molecule has 29 heavy (non-hydrogen) atoms. The zero-order valence-electron chi connectivity index (χ0n) is 16.1. The van der Waals surface area contributed by atoms with E-state index in [-0.39, 0.29) is 0 Å². The fraction of sp³-hybridized carbons (Fsp3) is 0.136. The number of benzene rings is 2. The van der Waals surface area contributed by atoms with E-state index in [0.717, 1.165) is 12.2 Å². The van der Waals surface area contributed by atoms with Crippen LogP contribution in [0.1, 0.15) is 16.7 Å². The molecule has 2 N–H and O–H groups in total. The highest BCUT2D eigenvalue weighted by Gasteiger charge is 2.05. The standard InChI is InChI=1S/C22H22N6S/c1-17-6-5-9-19(12-17)15-27-11-10-21(26-27)25-22(29)24-20-13-23-28(16-20)14-18-7-3-2-4-8-18/h2-13,16H,14-15H2,1H3,(H2,24,25,26,29). The first kappa shape index (κ1) is 18.9. The van der Waals surface area contributed by atoms with Crippen LogP contribution in [-0.2, 0) is 13.1 Å². The Morgan fingerprint density at radius 1 is 0.931 bits per heavy atom. The van der Waals surface area contributed by atoms with Crippen LogP contribution in [0.2, 0.25) is 0 Å². The Kier molecular flexibility index (Phi) is 5.67. The van der Waals surface area contributed by atoms with Crippen LogP contribution in [0.3, 0.4) is 0 Å². The molecule has 0 aliphatic carbocycles. The fourth-order valence-corrected chi connectivity index (χ4v) is 3.30. The highest BCUT2D eigenvalue weighted by atomic mass is 32.1. The van der Waals surface area contributed by atoms with Gasteiger partial charge in [-0.1, -0.05) is 60.2 Å². The first-order valence-corrected chi connectivity index (χ1v) is 9.78. The molecular formula is C22H22N6S. The lowest BCUT2D eigenvalue weighted by Gasteiger charge is -2.07. The van der Waals surface area contributed by atoms with E-state index in [2.05, 4.69) is 64.2 Å². The van der Waals surface area contributed by atoms with Crippen molar-refractivity contribution in [2.24, 2.45) is 0 Å². The highest BCUT2D eigenvalue weighted by Crippen LogP contribution is 2.11. The first-order valence-electron chi connectivity index (χ1n) is 9.37. The molecule has 0 fully saturated rings. The number of rotatable bonds is 6. The van der Waals surface area contributed by atoms with Crippen molar-refractivity contribution in [2.45, 2.75) is 20.0 Å². The first-order chi connectivity index (χ1) is 14.1. The number of hydrogen-bond donors (Lipinski definition) is 2. The van der Waals surface area contributed by atoms with Gasteiger partial charge in [0.1, 0.15) is 0 Å². The van der Waals surface area contributed by atoms with Gasteiger partial charge in [0.25, 0.3) is 0 Å². The van der Waals surface area contributed by atoms with Crippen molar-refractivity contribution in [1.82, 2.24) is 19.6 Å². The van der Waals surface area contributed by atoms with E-state index < -0.39 is 0 Å². The maximum absolute atomic E-state index is 5.40. The number of nitrogens with zero attached hydrogens (tertiary/aromatic N) is 4. The Balaban J connectivity index is 1.31. The summed E-state index contributed by atoms with van der Waals surface area (Å²) < 4.78 is 3.76. The molecular weight excluding hydrogens is 380 g/mol. The molecule has 0 saturated heterocycles. The molecule has 0 radical (unpaired) electrons. The lowest BCUT2D eigenvalue weighted by molar-refractivity contribution is 0.687. The van der Waals surface area contributed by atoms with E-state index in [4.69, 9.17) is 12.2 Å². The number of hydrogen-bond acceptors (Lipinski definition) is 3. The van der Waals surface area contributed by atoms with Crippen LogP contribution < -0.4 is 10.6 Å². The molecule has 6 nitrogen and oxygen atoms in total. The van der Waals surface area contributed by atoms with Crippen LogP contribution in [0, 0.1) is 6.92 Å². The Bertz CT molecular complexity index is 1100. The summed E-state index contributed by atoms with van der Waals surface area (Å²) in [6, 6.07) is 20.5. The zero-order chi connectivity index (χ0) is 20.1. The van der Waals surface area contributed by atoms with E-state index in [1.54, 1.807) is 6.20 Å². The second-order valence-corrected chi connectivity index (χ2v) is 7.29. The Labute approximate surface area is 175 Å². The van der Waals surface area contributed by atoms with Gasteiger partial charge in [0.2, 0.25) is 0 Å². The smallest absolute Gasteiger partial charge is 0.176 e. The summed E-state index contributed by atoms with van der Waals surface area (Å²) in [5.74, 6) is 0.701. The predicted octanol–water partition coefficient (Wildman–Crippen LogP) is 4.29. The van der Waals surface area contributed by atoms with Gasteiger partial charge in [-0.05, 0) is 30.3 Å². The molecule has 0 bridgehead atoms. The monoisotopic (exact) mass is 402 g/mol. The van der Waals surface area contributed by atoms with Crippen molar-refractivity contribution in [2.75, 3.05) is 10.6 Å². The minimum atomic E-state index is 0.477. The summed E-state index contributed by atoms with van der Waals surface area (Å²) >= 11 is 5.40. The van der Waals surface area contributed by atoms with Crippen LogP contribution in [0.5, 0.6) is 0 Å². The van der Waals surface area contributed by atoms with Crippen LogP contribution in [0.15, 0.2) is 79.3 Å². The maximum Gasteiger partial charge on any atom is 0.176 e. The predicted molar refractivity (Wildman–Crippen MR) is 120 cm³/mol. The van der Waals surface area contributed by atoms with Crippen molar-refractivity contribution in [3.05, 3.63) is 95.9 Å². The van der Waals surface area contributed by atoms with Crippen molar-refractivity contribution in [3.8, 4) is 0 Å². The van der Waals surface area contributed by atoms with Gasteiger partial charge < -0.3 is 10.6 Å². The van der Waals surface area contributed by atoms with E-state index in [1.165, 1.54) is 16.7 Å². The van der Waals surface area contributed by atoms with Crippen LogP contribution >= 0.6 is 12.2 Å². The van der Waals surface area contributed by atoms with Crippen molar-refractivity contribution < 1.29 is 0 Å². The van der Waals surface area contributed by atoms with Crippen molar-refractivity contribution in [3.63, 3.8) is 0 Å². The summed E-state index contributed by atoms with van der Waals surface area (Å²) in [4.78, 5) is 0. The largest absolute Gasteiger partial charge is 0.330 e. The summed E-state index contributed by atoms with van der Waals surface area (Å²) in [5.41, 5.74) is 4.48. The van der Waals surface area contributed by atoms with Crippen LogP contribution in [0.4, 0.5) is 11.5 Å². The average molecular weight is 403 g/mol. The molecule has 7 heteroatoms. The van der Waals surface area contributed by atoms with Crippen LogP contribution in [-0.4, -0.2) is 24.7 Å². The minimum absolute atomic E-state index is 0.477. The third kappa shape index (κ3) is 5.30. The summed E-state index contributed by atoms with van der Waals surface area (Å²) in [6.07, 6.45) is 5.62. The van der Waals surface area contributed by atoms with E-state index in [9.17, 15) is 0 Å². The SMILES string of the molecule is Cc1cccc(Cn2ccc(NC(=S)Nc3cnn(Cc4ccccc4)c3)n2)c1. The second-order valence-electron chi connectivity index (χ2n) is 6.88. The van der Waals surface area contributed by atoms with Gasteiger partial charge in [0.05, 0.1) is 25.0 Å². The molecule has 0 unspecified atom stereocenters. The van der Waals surface area contributed by atoms with Crippen molar-refractivity contribution in [1.29, 1.82) is 0 Å². The third-order valence-electron chi connectivity index (χ3n) is 4.39. The van der Waals surface area contributed by atoms with E-state index >= 15 is 0 Å². The molecule has 2 aromatic carbocycles. The number of thiocarbonyl (C=S) groups is 1. The Morgan fingerprint density at radius 2 is 1.72 bits per heavy atom. The normalized spacial score (nSPS) is 10.7. The highest BCUT2D eigenvalue weighted by molar-refractivity contribution is 7.80.